The molecule has 0 amide bonds. The van der Waals surface area contributed by atoms with E-state index in [1.807, 2.05) is 56.0 Å². The fourth-order valence-corrected chi connectivity index (χ4v) is 2.05. The summed E-state index contributed by atoms with van der Waals surface area (Å²) in [5.41, 5.74) is 3.35. The van der Waals surface area contributed by atoms with E-state index in [0.29, 0.717) is 13.1 Å². The average molecular weight is 289 g/mol. The van der Waals surface area contributed by atoms with E-state index < -0.39 is 6.10 Å². The van der Waals surface area contributed by atoms with Crippen molar-refractivity contribution in [2.24, 2.45) is 7.05 Å². The first-order valence-corrected chi connectivity index (χ1v) is 7.12. The maximum atomic E-state index is 9.95. The number of benzene rings is 1. The Hall–Kier alpha value is -1.85. The lowest BCUT2D eigenvalue weighted by molar-refractivity contribution is 0.106. The standard InChI is InChI=1S/C16H23N3O2/c1-12-6-4-5-7-16(12)21-11-15(20)10-17-8-14-9-18-19(3)13(14)2/h4-7,9,15,17,20H,8,10-11H2,1-3H3. The molecule has 0 saturated carbocycles. The fraction of sp³-hybridized carbons (Fsp3) is 0.438. The lowest BCUT2D eigenvalue weighted by Gasteiger charge is -2.14. The Morgan fingerprint density at radius 3 is 2.76 bits per heavy atom. The van der Waals surface area contributed by atoms with Gasteiger partial charge >= 0.3 is 0 Å². The zero-order chi connectivity index (χ0) is 15.2. The highest BCUT2D eigenvalue weighted by atomic mass is 16.5. The summed E-state index contributed by atoms with van der Waals surface area (Å²) >= 11 is 0. The Labute approximate surface area is 125 Å². The highest BCUT2D eigenvalue weighted by Crippen LogP contribution is 2.16. The van der Waals surface area contributed by atoms with Gasteiger partial charge in [-0.05, 0) is 25.5 Å². The molecule has 0 saturated heterocycles. The van der Waals surface area contributed by atoms with Gasteiger partial charge in [0.15, 0.2) is 0 Å². The first-order chi connectivity index (χ1) is 10.1. The summed E-state index contributed by atoms with van der Waals surface area (Å²) in [6.07, 6.45) is 1.31. The molecule has 0 radical (unpaired) electrons. The summed E-state index contributed by atoms with van der Waals surface area (Å²) in [6.45, 7) is 5.48. The van der Waals surface area contributed by atoms with Crippen molar-refractivity contribution in [3.8, 4) is 5.75 Å². The molecule has 1 heterocycles. The number of aromatic nitrogens is 2. The lowest BCUT2D eigenvalue weighted by Crippen LogP contribution is -2.31. The largest absolute Gasteiger partial charge is 0.491 e. The molecular weight excluding hydrogens is 266 g/mol. The van der Waals surface area contributed by atoms with Crippen LogP contribution in [0.4, 0.5) is 0 Å². The van der Waals surface area contributed by atoms with E-state index >= 15 is 0 Å². The van der Waals surface area contributed by atoms with Crippen LogP contribution in [-0.2, 0) is 13.6 Å². The normalized spacial score (nSPS) is 12.4. The monoisotopic (exact) mass is 289 g/mol. The van der Waals surface area contributed by atoms with E-state index in [1.165, 1.54) is 0 Å². The van der Waals surface area contributed by atoms with Crippen LogP contribution in [0.3, 0.4) is 0 Å². The Bertz CT molecular complexity index is 581. The average Bonchev–Trinajstić information content (AvgIpc) is 2.78. The van der Waals surface area contributed by atoms with Gasteiger partial charge in [-0.1, -0.05) is 18.2 Å². The van der Waals surface area contributed by atoms with Crippen molar-refractivity contribution in [1.82, 2.24) is 15.1 Å². The number of aryl methyl sites for hydroxylation is 2. The number of nitrogens with zero attached hydrogens (tertiary/aromatic N) is 2. The van der Waals surface area contributed by atoms with E-state index in [1.54, 1.807) is 0 Å². The molecule has 2 N–H and O–H groups in total. The second-order valence-electron chi connectivity index (χ2n) is 5.24. The minimum Gasteiger partial charge on any atom is -0.491 e. The maximum absolute atomic E-state index is 9.95. The van der Waals surface area contributed by atoms with Crippen molar-refractivity contribution in [2.75, 3.05) is 13.2 Å². The van der Waals surface area contributed by atoms with Crippen LogP contribution >= 0.6 is 0 Å². The zero-order valence-electron chi connectivity index (χ0n) is 12.8. The van der Waals surface area contributed by atoms with E-state index in [4.69, 9.17) is 4.74 Å². The molecule has 2 rings (SSSR count). The third-order valence-corrected chi connectivity index (χ3v) is 3.56. The summed E-state index contributed by atoms with van der Waals surface area (Å²) in [5, 5.41) is 17.4. The molecule has 5 nitrogen and oxygen atoms in total. The molecule has 21 heavy (non-hydrogen) atoms. The number of hydrogen-bond acceptors (Lipinski definition) is 4. The molecular formula is C16H23N3O2. The molecule has 114 valence electrons. The van der Waals surface area contributed by atoms with E-state index in [2.05, 4.69) is 10.4 Å². The molecule has 0 fully saturated rings. The van der Waals surface area contributed by atoms with Gasteiger partial charge in [0.1, 0.15) is 18.5 Å². The Kier molecular flexibility index (Phi) is 5.36. The van der Waals surface area contributed by atoms with E-state index in [0.717, 1.165) is 22.6 Å². The number of nitrogens with one attached hydrogen (secondary N) is 1. The summed E-state index contributed by atoms with van der Waals surface area (Å²) in [6, 6.07) is 7.80. The molecule has 2 aromatic rings. The number of aliphatic hydroxyl groups excluding tert-OH is 1. The van der Waals surface area contributed by atoms with Crippen molar-refractivity contribution in [3.63, 3.8) is 0 Å². The van der Waals surface area contributed by atoms with Crippen LogP contribution in [-0.4, -0.2) is 34.1 Å². The Morgan fingerprint density at radius 2 is 2.10 bits per heavy atom. The summed E-state index contributed by atoms with van der Waals surface area (Å²) < 4.78 is 7.46. The van der Waals surface area contributed by atoms with Crippen LogP contribution in [0, 0.1) is 13.8 Å². The predicted octanol–water partition coefficient (Wildman–Crippen LogP) is 1.57. The number of aliphatic hydroxyl groups is 1. The second kappa shape index (κ2) is 7.24. The van der Waals surface area contributed by atoms with Gasteiger partial charge < -0.3 is 15.2 Å². The van der Waals surface area contributed by atoms with Crippen molar-refractivity contribution >= 4 is 0 Å². The Balaban J connectivity index is 1.72. The molecule has 1 aromatic carbocycles. The third kappa shape index (κ3) is 4.31. The summed E-state index contributed by atoms with van der Waals surface area (Å²) in [7, 11) is 1.92. The number of para-hydroxylation sites is 1. The van der Waals surface area contributed by atoms with E-state index in [9.17, 15) is 5.11 Å². The van der Waals surface area contributed by atoms with Gasteiger partial charge in [-0.25, -0.2) is 0 Å². The number of hydrogen-bond donors (Lipinski definition) is 2. The molecule has 1 unspecified atom stereocenters. The highest BCUT2D eigenvalue weighted by Gasteiger charge is 2.08. The van der Waals surface area contributed by atoms with Crippen molar-refractivity contribution in [3.05, 3.63) is 47.3 Å². The van der Waals surface area contributed by atoms with Gasteiger partial charge in [-0.2, -0.15) is 5.10 Å². The number of rotatable bonds is 7. The molecule has 0 aliphatic carbocycles. The minimum atomic E-state index is -0.540. The molecule has 0 spiro atoms. The van der Waals surface area contributed by atoms with Crippen LogP contribution in [0.5, 0.6) is 5.75 Å². The SMILES string of the molecule is Cc1ccccc1OCC(O)CNCc1cnn(C)c1C. The van der Waals surface area contributed by atoms with Gasteiger partial charge in [0.2, 0.25) is 0 Å². The topological polar surface area (TPSA) is 59.3 Å². The Morgan fingerprint density at radius 1 is 1.33 bits per heavy atom. The van der Waals surface area contributed by atoms with Gasteiger partial charge in [0.25, 0.3) is 0 Å². The molecule has 1 atom stereocenters. The maximum Gasteiger partial charge on any atom is 0.122 e. The van der Waals surface area contributed by atoms with Crippen LogP contribution in [0.2, 0.25) is 0 Å². The van der Waals surface area contributed by atoms with Crippen molar-refractivity contribution in [2.45, 2.75) is 26.5 Å². The number of ether oxygens (including phenoxy) is 1. The van der Waals surface area contributed by atoms with Crippen LogP contribution < -0.4 is 10.1 Å². The van der Waals surface area contributed by atoms with Gasteiger partial charge in [0.05, 0.1) is 6.20 Å². The minimum absolute atomic E-state index is 0.282. The molecule has 0 aliphatic rings. The van der Waals surface area contributed by atoms with Gasteiger partial charge in [-0.3, -0.25) is 4.68 Å². The molecule has 0 bridgehead atoms. The smallest absolute Gasteiger partial charge is 0.122 e. The first-order valence-electron chi connectivity index (χ1n) is 7.12. The second-order valence-corrected chi connectivity index (χ2v) is 5.24. The quantitative estimate of drug-likeness (QED) is 0.812. The molecule has 0 aliphatic heterocycles. The molecule has 1 aromatic heterocycles. The van der Waals surface area contributed by atoms with Gasteiger partial charge in [-0.15, -0.1) is 0 Å². The summed E-state index contributed by atoms with van der Waals surface area (Å²) in [5.74, 6) is 0.819. The fourth-order valence-electron chi connectivity index (χ4n) is 2.05. The first kappa shape index (κ1) is 15.5. The van der Waals surface area contributed by atoms with Crippen LogP contribution in [0.15, 0.2) is 30.5 Å². The zero-order valence-corrected chi connectivity index (χ0v) is 12.8. The van der Waals surface area contributed by atoms with Crippen LogP contribution in [0.25, 0.3) is 0 Å². The lowest BCUT2D eigenvalue weighted by atomic mass is 10.2. The molecule has 5 heteroatoms. The third-order valence-electron chi connectivity index (χ3n) is 3.56. The van der Waals surface area contributed by atoms with E-state index in [-0.39, 0.29) is 6.61 Å². The summed E-state index contributed by atoms with van der Waals surface area (Å²) in [4.78, 5) is 0. The van der Waals surface area contributed by atoms with Crippen molar-refractivity contribution < 1.29 is 9.84 Å². The van der Waals surface area contributed by atoms with Crippen molar-refractivity contribution in [1.29, 1.82) is 0 Å². The predicted molar refractivity (Wildman–Crippen MR) is 82.3 cm³/mol. The van der Waals surface area contributed by atoms with Crippen LogP contribution in [0.1, 0.15) is 16.8 Å². The highest BCUT2D eigenvalue weighted by molar-refractivity contribution is 5.31. The van der Waals surface area contributed by atoms with Gasteiger partial charge in [0, 0.05) is 31.4 Å².